The molecule has 3 rings (SSSR count). The number of hydrogen-bond acceptors (Lipinski definition) is 4. The SMILES string of the molecule is Cn1cnnc1-n1nc(-c2ccnn2C)cc1Cl. The van der Waals surface area contributed by atoms with Crippen LogP contribution in [0.25, 0.3) is 17.3 Å². The molecule has 0 saturated carbocycles. The molecule has 3 heterocycles. The van der Waals surface area contributed by atoms with Gasteiger partial charge in [0.25, 0.3) is 5.95 Å². The van der Waals surface area contributed by atoms with E-state index in [1.54, 1.807) is 27.8 Å². The van der Waals surface area contributed by atoms with E-state index in [0.29, 0.717) is 11.1 Å². The molecule has 8 heteroatoms. The van der Waals surface area contributed by atoms with Gasteiger partial charge in [-0.2, -0.15) is 14.9 Å². The minimum Gasteiger partial charge on any atom is -0.301 e. The zero-order valence-corrected chi connectivity index (χ0v) is 10.6. The number of rotatable bonds is 2. The van der Waals surface area contributed by atoms with E-state index in [9.17, 15) is 0 Å². The van der Waals surface area contributed by atoms with Gasteiger partial charge in [-0.1, -0.05) is 11.6 Å². The largest absolute Gasteiger partial charge is 0.301 e. The van der Waals surface area contributed by atoms with Crippen molar-refractivity contribution in [3.63, 3.8) is 0 Å². The van der Waals surface area contributed by atoms with Crippen LogP contribution in [0.5, 0.6) is 0 Å². The van der Waals surface area contributed by atoms with Crippen molar-refractivity contribution in [1.82, 2.24) is 34.3 Å². The van der Waals surface area contributed by atoms with Crippen molar-refractivity contribution in [1.29, 1.82) is 0 Å². The van der Waals surface area contributed by atoms with Gasteiger partial charge in [0, 0.05) is 26.4 Å². The van der Waals surface area contributed by atoms with Crippen LogP contribution in [0.3, 0.4) is 0 Å². The van der Waals surface area contributed by atoms with E-state index in [1.165, 1.54) is 4.68 Å². The molecule has 0 amide bonds. The maximum atomic E-state index is 6.17. The van der Waals surface area contributed by atoms with Crippen molar-refractivity contribution in [3.8, 4) is 17.3 Å². The van der Waals surface area contributed by atoms with Crippen LogP contribution in [0.15, 0.2) is 24.7 Å². The summed E-state index contributed by atoms with van der Waals surface area (Å²) < 4.78 is 5.02. The molecule has 92 valence electrons. The van der Waals surface area contributed by atoms with Crippen LogP contribution in [0.2, 0.25) is 5.15 Å². The van der Waals surface area contributed by atoms with Crippen molar-refractivity contribution < 1.29 is 0 Å². The van der Waals surface area contributed by atoms with Crippen molar-refractivity contribution in [2.24, 2.45) is 14.1 Å². The van der Waals surface area contributed by atoms with E-state index in [0.717, 1.165) is 11.4 Å². The van der Waals surface area contributed by atoms with E-state index in [1.807, 2.05) is 20.2 Å². The standard InChI is InChI=1S/C10H10ClN7/c1-16-6-12-14-10(16)18-9(11)5-7(15-18)8-3-4-13-17(8)2/h3-6H,1-2H3. The lowest BCUT2D eigenvalue weighted by Crippen LogP contribution is -2.05. The van der Waals surface area contributed by atoms with Gasteiger partial charge in [-0.05, 0) is 6.07 Å². The first kappa shape index (κ1) is 11.0. The highest BCUT2D eigenvalue weighted by atomic mass is 35.5. The summed E-state index contributed by atoms with van der Waals surface area (Å²) >= 11 is 6.17. The van der Waals surface area contributed by atoms with Gasteiger partial charge < -0.3 is 4.57 Å². The molecule has 0 unspecified atom stereocenters. The third kappa shape index (κ3) is 1.60. The molecule has 0 saturated heterocycles. The summed E-state index contributed by atoms with van der Waals surface area (Å²) in [7, 11) is 3.68. The van der Waals surface area contributed by atoms with Gasteiger partial charge in [0.1, 0.15) is 17.2 Å². The Kier molecular flexibility index (Phi) is 2.41. The quantitative estimate of drug-likeness (QED) is 0.693. The first-order valence-corrected chi connectivity index (χ1v) is 5.63. The molecular formula is C10H10ClN7. The summed E-state index contributed by atoms with van der Waals surface area (Å²) in [5.41, 5.74) is 1.63. The second-order valence-corrected chi connectivity index (χ2v) is 4.23. The third-order valence-electron chi connectivity index (χ3n) is 2.63. The lowest BCUT2D eigenvalue weighted by atomic mass is 10.3. The maximum absolute atomic E-state index is 6.17. The second kappa shape index (κ2) is 3.95. The van der Waals surface area contributed by atoms with Gasteiger partial charge in [-0.25, -0.2) is 0 Å². The first-order valence-electron chi connectivity index (χ1n) is 5.25. The average molecular weight is 264 g/mol. The van der Waals surface area contributed by atoms with Crippen molar-refractivity contribution >= 4 is 11.6 Å². The summed E-state index contributed by atoms with van der Waals surface area (Å²) in [4.78, 5) is 0. The summed E-state index contributed by atoms with van der Waals surface area (Å²) in [6.45, 7) is 0. The van der Waals surface area contributed by atoms with E-state index >= 15 is 0 Å². The molecule has 3 aromatic heterocycles. The highest BCUT2D eigenvalue weighted by Gasteiger charge is 2.14. The predicted octanol–water partition coefficient (Wildman–Crippen LogP) is 1.05. The van der Waals surface area contributed by atoms with Gasteiger partial charge in [0.15, 0.2) is 0 Å². The van der Waals surface area contributed by atoms with Gasteiger partial charge >= 0.3 is 0 Å². The Hall–Kier alpha value is -2.15. The minimum atomic E-state index is 0.474. The highest BCUT2D eigenvalue weighted by Crippen LogP contribution is 2.22. The number of nitrogens with zero attached hydrogens (tertiary/aromatic N) is 7. The van der Waals surface area contributed by atoms with Crippen molar-refractivity contribution in [2.45, 2.75) is 0 Å². The Bertz CT molecular complexity index is 693. The predicted molar refractivity (Wildman–Crippen MR) is 65.3 cm³/mol. The van der Waals surface area contributed by atoms with Gasteiger partial charge in [0.05, 0.1) is 5.69 Å². The minimum absolute atomic E-state index is 0.474. The van der Waals surface area contributed by atoms with Crippen LogP contribution in [0.4, 0.5) is 0 Å². The monoisotopic (exact) mass is 263 g/mol. The lowest BCUT2D eigenvalue weighted by Gasteiger charge is -2.00. The van der Waals surface area contributed by atoms with Crippen LogP contribution in [0, 0.1) is 0 Å². The van der Waals surface area contributed by atoms with Crippen LogP contribution < -0.4 is 0 Å². The van der Waals surface area contributed by atoms with E-state index < -0.39 is 0 Å². The van der Waals surface area contributed by atoms with Crippen LogP contribution in [0.1, 0.15) is 0 Å². The van der Waals surface area contributed by atoms with E-state index in [4.69, 9.17) is 11.6 Å². The Balaban J connectivity index is 2.13. The molecule has 0 fully saturated rings. The second-order valence-electron chi connectivity index (χ2n) is 3.85. The van der Waals surface area contributed by atoms with Crippen molar-refractivity contribution in [2.75, 3.05) is 0 Å². The van der Waals surface area contributed by atoms with Gasteiger partial charge in [-0.15, -0.1) is 10.2 Å². The first-order chi connectivity index (χ1) is 8.66. The molecule has 0 spiro atoms. The fourth-order valence-electron chi connectivity index (χ4n) is 1.72. The molecule has 0 aliphatic rings. The van der Waals surface area contributed by atoms with Gasteiger partial charge in [0.2, 0.25) is 0 Å². The Labute approximate surface area is 108 Å². The molecule has 0 bridgehead atoms. The van der Waals surface area contributed by atoms with Crippen molar-refractivity contribution in [3.05, 3.63) is 29.8 Å². The fourth-order valence-corrected chi connectivity index (χ4v) is 1.93. The van der Waals surface area contributed by atoms with Crippen LogP contribution >= 0.6 is 11.6 Å². The molecule has 7 nitrogen and oxygen atoms in total. The topological polar surface area (TPSA) is 66.3 Å². The smallest absolute Gasteiger partial charge is 0.252 e. The zero-order valence-electron chi connectivity index (χ0n) is 9.82. The summed E-state index contributed by atoms with van der Waals surface area (Å²) in [6, 6.07) is 3.65. The number of halogens is 1. The molecule has 0 aromatic carbocycles. The molecule has 18 heavy (non-hydrogen) atoms. The summed E-state index contributed by atoms with van der Waals surface area (Å²) in [6.07, 6.45) is 3.31. The Morgan fingerprint density at radius 3 is 2.72 bits per heavy atom. The molecule has 3 aromatic rings. The Morgan fingerprint density at radius 1 is 1.28 bits per heavy atom. The van der Waals surface area contributed by atoms with E-state index in [-0.39, 0.29) is 0 Å². The molecule has 0 aliphatic heterocycles. The summed E-state index contributed by atoms with van der Waals surface area (Å²) in [5, 5.41) is 16.8. The molecule has 0 radical (unpaired) electrons. The normalized spacial score (nSPS) is 11.1. The molecule has 0 atom stereocenters. The molecule has 0 aliphatic carbocycles. The van der Waals surface area contributed by atoms with Gasteiger partial charge in [-0.3, -0.25) is 4.68 Å². The van der Waals surface area contributed by atoms with Crippen LogP contribution in [-0.4, -0.2) is 34.3 Å². The fraction of sp³-hybridized carbons (Fsp3) is 0.200. The molecule has 0 N–H and O–H groups in total. The Morgan fingerprint density at radius 2 is 2.11 bits per heavy atom. The number of hydrogen-bond donors (Lipinski definition) is 0. The highest BCUT2D eigenvalue weighted by molar-refractivity contribution is 6.30. The zero-order chi connectivity index (χ0) is 12.7. The number of aromatic nitrogens is 7. The maximum Gasteiger partial charge on any atom is 0.252 e. The van der Waals surface area contributed by atoms with E-state index in [2.05, 4.69) is 20.4 Å². The summed E-state index contributed by atoms with van der Waals surface area (Å²) in [5.74, 6) is 0.563. The average Bonchev–Trinajstić information content (AvgIpc) is 3.00. The third-order valence-corrected chi connectivity index (χ3v) is 2.90. The van der Waals surface area contributed by atoms with Crippen LogP contribution in [-0.2, 0) is 14.1 Å². The lowest BCUT2D eigenvalue weighted by molar-refractivity contribution is 0.741. The number of aryl methyl sites for hydroxylation is 2. The molecular weight excluding hydrogens is 254 g/mol.